The van der Waals surface area contributed by atoms with Gasteiger partial charge in [0.2, 0.25) is 0 Å². The van der Waals surface area contributed by atoms with E-state index < -0.39 is 0 Å². The molecule has 2 rings (SSSR count). The topological polar surface area (TPSA) is 79.8 Å². The molecule has 0 aliphatic heterocycles. The Hall–Kier alpha value is -2.02. The molecular formula is C13H17N5OS. The van der Waals surface area contributed by atoms with Crippen molar-refractivity contribution in [3.63, 3.8) is 0 Å². The molecule has 0 saturated carbocycles. The Morgan fingerprint density at radius 2 is 2.15 bits per heavy atom. The zero-order valence-corrected chi connectivity index (χ0v) is 12.5. The van der Waals surface area contributed by atoms with Crippen LogP contribution < -0.4 is 10.6 Å². The van der Waals surface area contributed by atoms with Gasteiger partial charge in [-0.05, 0) is 25.0 Å². The van der Waals surface area contributed by atoms with Crippen LogP contribution in [-0.4, -0.2) is 27.6 Å². The maximum absolute atomic E-state index is 12.0. The molecule has 2 N–H and O–H groups in total. The Morgan fingerprint density at radius 3 is 2.70 bits per heavy atom. The van der Waals surface area contributed by atoms with Crippen LogP contribution in [0.15, 0.2) is 17.5 Å². The number of rotatable bonds is 5. The summed E-state index contributed by atoms with van der Waals surface area (Å²) in [7, 11) is 0. The molecule has 0 aromatic carbocycles. The SMILES string of the molecule is CCNc1ccc(C(=O)Nc2nc(C(C)C)cs2)nn1. The standard InChI is InChI=1S/C13H17N5OS/c1-4-14-11-6-5-9(17-18-11)12(19)16-13-15-10(7-20-13)8(2)3/h5-8H,4H2,1-3H3,(H,14,18)(H,15,16,19). The fourth-order valence-corrected chi connectivity index (χ4v) is 2.37. The van der Waals surface area contributed by atoms with Gasteiger partial charge in [-0.1, -0.05) is 13.8 Å². The maximum atomic E-state index is 12.0. The van der Waals surface area contributed by atoms with E-state index in [0.29, 0.717) is 16.9 Å². The second-order valence-electron chi connectivity index (χ2n) is 4.52. The van der Waals surface area contributed by atoms with Crippen molar-refractivity contribution in [3.05, 3.63) is 28.9 Å². The van der Waals surface area contributed by atoms with Crippen LogP contribution in [0.2, 0.25) is 0 Å². The number of nitrogens with zero attached hydrogens (tertiary/aromatic N) is 3. The first-order chi connectivity index (χ1) is 9.60. The molecule has 0 atom stereocenters. The summed E-state index contributed by atoms with van der Waals surface area (Å²) in [4.78, 5) is 16.3. The number of nitrogens with one attached hydrogen (secondary N) is 2. The Labute approximate surface area is 121 Å². The molecule has 0 spiro atoms. The first kappa shape index (κ1) is 14.4. The molecule has 0 aliphatic rings. The van der Waals surface area contributed by atoms with Crippen LogP contribution in [0.1, 0.15) is 42.9 Å². The van der Waals surface area contributed by atoms with Gasteiger partial charge < -0.3 is 5.32 Å². The van der Waals surface area contributed by atoms with Gasteiger partial charge in [-0.2, -0.15) is 0 Å². The van der Waals surface area contributed by atoms with E-state index in [4.69, 9.17) is 0 Å². The van der Waals surface area contributed by atoms with Gasteiger partial charge in [0.15, 0.2) is 10.8 Å². The van der Waals surface area contributed by atoms with Crippen molar-refractivity contribution in [1.29, 1.82) is 0 Å². The lowest BCUT2D eigenvalue weighted by Crippen LogP contribution is -2.14. The predicted molar refractivity (Wildman–Crippen MR) is 80.4 cm³/mol. The van der Waals surface area contributed by atoms with E-state index in [0.717, 1.165) is 12.2 Å². The highest BCUT2D eigenvalue weighted by molar-refractivity contribution is 7.14. The Morgan fingerprint density at radius 1 is 1.35 bits per heavy atom. The van der Waals surface area contributed by atoms with Crippen LogP contribution in [0.3, 0.4) is 0 Å². The quantitative estimate of drug-likeness (QED) is 0.885. The third-order valence-electron chi connectivity index (χ3n) is 2.59. The second-order valence-corrected chi connectivity index (χ2v) is 5.38. The summed E-state index contributed by atoms with van der Waals surface area (Å²) in [6.45, 7) is 6.85. The average Bonchev–Trinajstić information content (AvgIpc) is 2.88. The first-order valence-electron chi connectivity index (χ1n) is 6.44. The molecule has 1 amide bonds. The van der Waals surface area contributed by atoms with Crippen LogP contribution in [0.5, 0.6) is 0 Å². The summed E-state index contributed by atoms with van der Waals surface area (Å²) in [6.07, 6.45) is 0. The van der Waals surface area contributed by atoms with E-state index in [1.54, 1.807) is 12.1 Å². The molecule has 2 heterocycles. The molecule has 20 heavy (non-hydrogen) atoms. The highest BCUT2D eigenvalue weighted by Gasteiger charge is 2.12. The van der Waals surface area contributed by atoms with Crippen molar-refractivity contribution in [2.45, 2.75) is 26.7 Å². The summed E-state index contributed by atoms with van der Waals surface area (Å²) in [5, 5.41) is 16.1. The Bertz CT molecular complexity index is 579. The summed E-state index contributed by atoms with van der Waals surface area (Å²) >= 11 is 1.41. The minimum Gasteiger partial charge on any atom is -0.369 e. The van der Waals surface area contributed by atoms with E-state index in [2.05, 4.69) is 39.7 Å². The zero-order chi connectivity index (χ0) is 14.5. The lowest BCUT2D eigenvalue weighted by molar-refractivity contribution is 0.102. The number of hydrogen-bond donors (Lipinski definition) is 2. The number of thiazole rings is 1. The summed E-state index contributed by atoms with van der Waals surface area (Å²) in [5.74, 6) is 0.696. The molecule has 0 aliphatic carbocycles. The van der Waals surface area contributed by atoms with Gasteiger partial charge in [-0.25, -0.2) is 4.98 Å². The van der Waals surface area contributed by atoms with E-state index >= 15 is 0 Å². The predicted octanol–water partition coefficient (Wildman–Crippen LogP) is 2.74. The van der Waals surface area contributed by atoms with Gasteiger partial charge in [-0.15, -0.1) is 21.5 Å². The molecule has 0 unspecified atom stereocenters. The van der Waals surface area contributed by atoms with Crippen molar-refractivity contribution in [3.8, 4) is 0 Å². The third-order valence-corrected chi connectivity index (χ3v) is 3.36. The molecule has 2 aromatic rings. The van der Waals surface area contributed by atoms with Gasteiger partial charge >= 0.3 is 0 Å². The molecule has 0 radical (unpaired) electrons. The average molecular weight is 291 g/mol. The monoisotopic (exact) mass is 291 g/mol. The van der Waals surface area contributed by atoms with Crippen molar-refractivity contribution in [1.82, 2.24) is 15.2 Å². The van der Waals surface area contributed by atoms with Crippen LogP contribution in [0, 0.1) is 0 Å². The normalized spacial score (nSPS) is 10.6. The molecule has 0 fully saturated rings. The van der Waals surface area contributed by atoms with Crippen LogP contribution in [-0.2, 0) is 0 Å². The fraction of sp³-hybridized carbons (Fsp3) is 0.385. The smallest absolute Gasteiger partial charge is 0.277 e. The highest BCUT2D eigenvalue weighted by Crippen LogP contribution is 2.21. The number of amides is 1. The number of aromatic nitrogens is 3. The highest BCUT2D eigenvalue weighted by atomic mass is 32.1. The van der Waals surface area contributed by atoms with Gasteiger partial charge in [0, 0.05) is 11.9 Å². The molecule has 2 aromatic heterocycles. The van der Waals surface area contributed by atoms with Crippen molar-refractivity contribution >= 4 is 28.2 Å². The largest absolute Gasteiger partial charge is 0.369 e. The minimum absolute atomic E-state index is 0.271. The number of hydrogen-bond acceptors (Lipinski definition) is 6. The molecular weight excluding hydrogens is 274 g/mol. The van der Waals surface area contributed by atoms with Gasteiger partial charge in [0.1, 0.15) is 5.82 Å². The summed E-state index contributed by atoms with van der Waals surface area (Å²) in [6, 6.07) is 3.37. The van der Waals surface area contributed by atoms with Gasteiger partial charge in [0.25, 0.3) is 5.91 Å². The van der Waals surface area contributed by atoms with E-state index in [-0.39, 0.29) is 11.6 Å². The van der Waals surface area contributed by atoms with E-state index in [1.165, 1.54) is 11.3 Å². The molecule has 106 valence electrons. The summed E-state index contributed by atoms with van der Waals surface area (Å²) in [5.41, 5.74) is 1.24. The maximum Gasteiger partial charge on any atom is 0.277 e. The minimum atomic E-state index is -0.301. The molecule has 7 heteroatoms. The molecule has 6 nitrogen and oxygen atoms in total. The lowest BCUT2D eigenvalue weighted by Gasteiger charge is -2.03. The molecule has 0 saturated heterocycles. The van der Waals surface area contributed by atoms with E-state index in [1.807, 2.05) is 12.3 Å². The van der Waals surface area contributed by atoms with Crippen LogP contribution >= 0.6 is 11.3 Å². The summed E-state index contributed by atoms with van der Waals surface area (Å²) < 4.78 is 0. The van der Waals surface area contributed by atoms with Crippen molar-refractivity contribution in [2.24, 2.45) is 0 Å². The lowest BCUT2D eigenvalue weighted by atomic mass is 10.2. The Balaban J connectivity index is 2.03. The van der Waals surface area contributed by atoms with Crippen LogP contribution in [0.4, 0.5) is 10.9 Å². The third kappa shape index (κ3) is 3.51. The fourth-order valence-electron chi connectivity index (χ4n) is 1.50. The number of anilines is 2. The van der Waals surface area contributed by atoms with Crippen molar-refractivity contribution in [2.75, 3.05) is 17.2 Å². The van der Waals surface area contributed by atoms with Crippen LogP contribution in [0.25, 0.3) is 0 Å². The van der Waals surface area contributed by atoms with Crippen molar-refractivity contribution < 1.29 is 4.79 Å². The zero-order valence-electron chi connectivity index (χ0n) is 11.7. The van der Waals surface area contributed by atoms with Gasteiger partial charge in [-0.3, -0.25) is 10.1 Å². The number of carbonyl (C=O) groups excluding carboxylic acids is 1. The molecule has 0 bridgehead atoms. The van der Waals surface area contributed by atoms with Gasteiger partial charge in [0.05, 0.1) is 5.69 Å². The Kier molecular flexibility index (Phi) is 4.62. The second kappa shape index (κ2) is 6.42. The van der Waals surface area contributed by atoms with E-state index in [9.17, 15) is 4.79 Å². The number of carbonyl (C=O) groups is 1. The first-order valence-corrected chi connectivity index (χ1v) is 7.32.